The van der Waals surface area contributed by atoms with Crippen molar-refractivity contribution in [1.29, 1.82) is 0 Å². The average Bonchev–Trinajstić information content (AvgIpc) is 3.00. The smallest absolute Gasteiger partial charge is 0.322 e. The number of amides is 1. The Morgan fingerprint density at radius 3 is 2.52 bits per heavy atom. The van der Waals surface area contributed by atoms with E-state index in [4.69, 9.17) is 4.74 Å². The van der Waals surface area contributed by atoms with Gasteiger partial charge < -0.3 is 10.1 Å². The number of halogens is 2. The van der Waals surface area contributed by atoms with Crippen LogP contribution in [0.2, 0.25) is 0 Å². The normalized spacial score (nSPS) is 10.6. The van der Waals surface area contributed by atoms with Gasteiger partial charge in [0.1, 0.15) is 0 Å². The van der Waals surface area contributed by atoms with Crippen molar-refractivity contribution in [3.63, 3.8) is 0 Å². The monoisotopic (exact) mass is 421 g/mol. The number of nitrogens with one attached hydrogen (secondary N) is 1. The van der Waals surface area contributed by atoms with Crippen LogP contribution in [0.3, 0.4) is 0 Å². The Morgan fingerprint density at radius 1 is 1.24 bits per heavy atom. The molecule has 0 unspecified atom stereocenters. The van der Waals surface area contributed by atoms with Crippen LogP contribution in [-0.2, 0) is 0 Å². The van der Waals surface area contributed by atoms with E-state index in [0.717, 1.165) is 4.47 Å². The van der Waals surface area contributed by atoms with Gasteiger partial charge in [0.25, 0.3) is 5.91 Å². The van der Waals surface area contributed by atoms with Crippen LogP contribution in [0, 0.1) is 19.7 Å². The summed E-state index contributed by atoms with van der Waals surface area (Å²) < 4.78 is 19.9. The molecule has 2 aromatic heterocycles. The summed E-state index contributed by atoms with van der Waals surface area (Å²) in [5.41, 5.74) is 1.57. The van der Waals surface area contributed by atoms with Crippen molar-refractivity contribution in [3.8, 4) is 11.8 Å². The molecule has 0 saturated carbocycles. The second kappa shape index (κ2) is 7.28. The topological polar surface area (TPSA) is 64.1 Å². The highest BCUT2D eigenvalue weighted by Crippen LogP contribution is 2.26. The Kier molecular flexibility index (Phi) is 5.10. The van der Waals surface area contributed by atoms with Crippen LogP contribution < -0.4 is 10.1 Å². The molecule has 1 aromatic carbocycles. The maximum atomic E-state index is 13.7. The summed E-state index contributed by atoms with van der Waals surface area (Å²) in [5.74, 6) is -0.697. The quantitative estimate of drug-likeness (QED) is 0.636. The highest BCUT2D eigenvalue weighted by molar-refractivity contribution is 9.10. The molecule has 0 fully saturated rings. The lowest BCUT2D eigenvalue weighted by Crippen LogP contribution is -2.14. The summed E-state index contributed by atoms with van der Waals surface area (Å²) >= 11 is 4.65. The molecule has 2 heterocycles. The fourth-order valence-corrected chi connectivity index (χ4v) is 3.47. The molecule has 8 heteroatoms. The predicted molar refractivity (Wildman–Crippen MR) is 98.0 cm³/mol. The number of carbonyl (C=O) groups excluding carboxylic acids is 1. The molecule has 25 heavy (non-hydrogen) atoms. The van der Waals surface area contributed by atoms with E-state index in [9.17, 15) is 9.18 Å². The Labute approximate surface area is 156 Å². The lowest BCUT2D eigenvalue weighted by molar-refractivity contribution is 0.103. The largest absolute Gasteiger partial charge is 0.421 e. The molecule has 5 nitrogen and oxygen atoms in total. The van der Waals surface area contributed by atoms with Crippen molar-refractivity contribution < 1.29 is 13.9 Å². The van der Waals surface area contributed by atoms with E-state index < -0.39 is 5.82 Å². The fraction of sp³-hybridized carbons (Fsp3) is 0.118. The van der Waals surface area contributed by atoms with Gasteiger partial charge in [-0.1, -0.05) is 12.1 Å². The lowest BCUT2D eigenvalue weighted by atomic mass is 10.2. The molecule has 0 bridgehead atoms. The number of aryl methyl sites for hydroxylation is 2. The Balaban J connectivity index is 1.83. The molecule has 1 N–H and O–H groups in total. The summed E-state index contributed by atoms with van der Waals surface area (Å²) in [6.07, 6.45) is 0. The summed E-state index contributed by atoms with van der Waals surface area (Å²) in [6, 6.07) is 7.78. The van der Waals surface area contributed by atoms with Crippen LogP contribution in [-0.4, -0.2) is 15.9 Å². The van der Waals surface area contributed by atoms with E-state index in [1.807, 2.05) is 5.38 Å². The Bertz CT molecular complexity index is 922. The second-order valence-electron chi connectivity index (χ2n) is 5.17. The van der Waals surface area contributed by atoms with Crippen molar-refractivity contribution in [2.45, 2.75) is 13.8 Å². The van der Waals surface area contributed by atoms with Crippen LogP contribution in [0.15, 0.2) is 40.2 Å². The number of thiophene rings is 1. The maximum absolute atomic E-state index is 13.7. The lowest BCUT2D eigenvalue weighted by Gasteiger charge is -2.12. The highest BCUT2D eigenvalue weighted by atomic mass is 79.9. The molecule has 0 aliphatic heterocycles. The summed E-state index contributed by atoms with van der Waals surface area (Å²) in [6.45, 7) is 3.45. The molecular weight excluding hydrogens is 409 g/mol. The van der Waals surface area contributed by atoms with Gasteiger partial charge in [-0.25, -0.2) is 4.39 Å². The third-order valence-corrected chi connectivity index (χ3v) is 5.01. The highest BCUT2D eigenvalue weighted by Gasteiger charge is 2.16. The van der Waals surface area contributed by atoms with Crippen LogP contribution in [0.25, 0.3) is 0 Å². The third kappa shape index (κ3) is 4.02. The standard InChI is InChI=1S/C17H13BrFN3O2S/c1-9-15(22-16(23)14-7-11(18)8-25-14)10(2)21-17(20-9)24-13-6-4-3-5-12(13)19/h3-8H,1-2H3,(H,22,23). The van der Waals surface area contributed by atoms with E-state index >= 15 is 0 Å². The molecule has 128 valence electrons. The SMILES string of the molecule is Cc1nc(Oc2ccccc2F)nc(C)c1NC(=O)c1cc(Br)cs1. The minimum atomic E-state index is -0.498. The maximum Gasteiger partial charge on any atom is 0.322 e. The van der Waals surface area contributed by atoms with E-state index in [1.54, 1.807) is 32.0 Å². The van der Waals surface area contributed by atoms with E-state index in [1.165, 1.54) is 23.5 Å². The first kappa shape index (κ1) is 17.5. The molecule has 3 aromatic rings. The van der Waals surface area contributed by atoms with Gasteiger partial charge in [0.15, 0.2) is 11.6 Å². The van der Waals surface area contributed by atoms with Crippen LogP contribution >= 0.6 is 27.3 Å². The van der Waals surface area contributed by atoms with Crippen molar-refractivity contribution in [2.75, 3.05) is 5.32 Å². The van der Waals surface area contributed by atoms with Crippen molar-refractivity contribution >= 4 is 38.9 Å². The van der Waals surface area contributed by atoms with Crippen molar-refractivity contribution in [1.82, 2.24) is 9.97 Å². The number of carbonyl (C=O) groups is 1. The summed E-state index contributed by atoms with van der Waals surface area (Å²) in [4.78, 5) is 21.3. The second-order valence-corrected chi connectivity index (χ2v) is 6.99. The molecular formula is C17H13BrFN3O2S. The van der Waals surface area contributed by atoms with Crippen LogP contribution in [0.4, 0.5) is 10.1 Å². The molecule has 3 rings (SSSR count). The number of benzene rings is 1. The van der Waals surface area contributed by atoms with Crippen LogP contribution in [0.5, 0.6) is 11.8 Å². The van der Waals surface area contributed by atoms with Crippen molar-refractivity contribution in [2.24, 2.45) is 0 Å². The van der Waals surface area contributed by atoms with E-state index in [2.05, 4.69) is 31.2 Å². The number of rotatable bonds is 4. The Hall–Kier alpha value is -2.32. The molecule has 0 radical (unpaired) electrons. The number of para-hydroxylation sites is 1. The van der Waals surface area contributed by atoms with Crippen molar-refractivity contribution in [3.05, 3.63) is 62.3 Å². The zero-order valence-corrected chi connectivity index (χ0v) is 15.7. The van der Waals surface area contributed by atoms with Gasteiger partial charge >= 0.3 is 6.01 Å². The third-order valence-electron chi connectivity index (χ3n) is 3.32. The predicted octanol–water partition coefficient (Wildman–Crippen LogP) is 5.10. The number of hydrogen-bond donors (Lipinski definition) is 1. The minimum Gasteiger partial charge on any atom is -0.421 e. The molecule has 0 atom stereocenters. The first-order valence-corrected chi connectivity index (χ1v) is 8.94. The molecule has 0 aliphatic rings. The summed E-state index contributed by atoms with van der Waals surface area (Å²) in [7, 11) is 0. The van der Waals surface area contributed by atoms with Crippen LogP contribution in [0.1, 0.15) is 21.1 Å². The summed E-state index contributed by atoms with van der Waals surface area (Å²) in [5, 5.41) is 4.64. The van der Waals surface area contributed by atoms with Gasteiger partial charge in [0.2, 0.25) is 0 Å². The first-order valence-electron chi connectivity index (χ1n) is 7.27. The van der Waals surface area contributed by atoms with Gasteiger partial charge in [0, 0.05) is 9.85 Å². The van der Waals surface area contributed by atoms with Gasteiger partial charge in [-0.15, -0.1) is 11.3 Å². The zero-order valence-electron chi connectivity index (χ0n) is 13.3. The number of nitrogens with zero attached hydrogens (tertiary/aromatic N) is 2. The molecule has 0 saturated heterocycles. The van der Waals surface area contributed by atoms with Gasteiger partial charge in [-0.3, -0.25) is 4.79 Å². The van der Waals surface area contributed by atoms with E-state index in [0.29, 0.717) is 22.0 Å². The number of aromatic nitrogens is 2. The fourth-order valence-electron chi connectivity index (χ4n) is 2.15. The number of anilines is 1. The Morgan fingerprint density at radius 2 is 1.92 bits per heavy atom. The van der Waals surface area contributed by atoms with E-state index in [-0.39, 0.29) is 17.7 Å². The number of ether oxygens (including phenoxy) is 1. The number of hydrogen-bond acceptors (Lipinski definition) is 5. The van der Waals surface area contributed by atoms with Gasteiger partial charge in [0.05, 0.1) is 22.0 Å². The molecule has 0 spiro atoms. The minimum absolute atomic E-state index is 0.0250. The molecule has 1 amide bonds. The zero-order chi connectivity index (χ0) is 18.0. The van der Waals surface area contributed by atoms with Gasteiger partial charge in [-0.2, -0.15) is 9.97 Å². The van der Waals surface area contributed by atoms with Gasteiger partial charge in [-0.05, 0) is 48.0 Å². The first-order chi connectivity index (χ1) is 11.9. The average molecular weight is 422 g/mol. The molecule has 0 aliphatic carbocycles.